The van der Waals surface area contributed by atoms with Crippen LogP contribution in [0.2, 0.25) is 0 Å². The largest absolute Gasteiger partial charge is 0.493 e. The van der Waals surface area contributed by atoms with Gasteiger partial charge in [-0.1, -0.05) is 0 Å². The molecule has 134 valence electrons. The summed E-state index contributed by atoms with van der Waals surface area (Å²) in [4.78, 5) is 22.4. The van der Waals surface area contributed by atoms with Gasteiger partial charge in [0.25, 0.3) is 11.8 Å². The van der Waals surface area contributed by atoms with Crippen molar-refractivity contribution < 1.29 is 19.0 Å². The van der Waals surface area contributed by atoms with Gasteiger partial charge in [0.2, 0.25) is 5.69 Å². The molecule has 1 unspecified atom stereocenters. The van der Waals surface area contributed by atoms with E-state index in [9.17, 15) is 4.79 Å². The van der Waals surface area contributed by atoms with E-state index in [-0.39, 0.29) is 23.6 Å². The van der Waals surface area contributed by atoms with Gasteiger partial charge in [0.05, 0.1) is 20.8 Å². The fraction of sp³-hybridized carbons (Fsp3) is 0.333. The molecule has 1 aliphatic heterocycles. The molecule has 1 fully saturated rings. The molecule has 0 N–H and O–H groups in total. The zero-order valence-electron chi connectivity index (χ0n) is 14.5. The van der Waals surface area contributed by atoms with E-state index in [2.05, 4.69) is 9.97 Å². The number of carbonyl (C=O) groups is 1. The van der Waals surface area contributed by atoms with Crippen LogP contribution >= 0.6 is 0 Å². The average molecular weight is 354 g/mol. The third kappa shape index (κ3) is 3.52. The van der Waals surface area contributed by atoms with Crippen molar-refractivity contribution in [2.24, 2.45) is 0 Å². The van der Waals surface area contributed by atoms with Crippen molar-refractivity contribution in [3.8, 4) is 23.4 Å². The maximum absolute atomic E-state index is 12.7. The Morgan fingerprint density at radius 1 is 1.23 bits per heavy atom. The second-order valence-electron chi connectivity index (χ2n) is 5.67. The summed E-state index contributed by atoms with van der Waals surface area (Å²) in [5.74, 6) is 1.15. The molecule has 1 atom stereocenters. The quantitative estimate of drug-likeness (QED) is 0.805. The van der Waals surface area contributed by atoms with Crippen LogP contribution in [0.4, 0.5) is 0 Å². The molecule has 0 spiro atoms. The van der Waals surface area contributed by atoms with Crippen LogP contribution in [0.5, 0.6) is 17.4 Å². The highest BCUT2D eigenvalue weighted by Crippen LogP contribution is 2.29. The first-order valence-electron chi connectivity index (χ1n) is 8.05. The molecular weight excluding hydrogens is 336 g/mol. The van der Waals surface area contributed by atoms with Crippen LogP contribution in [0, 0.1) is 11.3 Å². The number of likely N-dealkylation sites (tertiary alicyclic amines) is 1. The third-order valence-corrected chi connectivity index (χ3v) is 4.11. The zero-order chi connectivity index (χ0) is 18.5. The van der Waals surface area contributed by atoms with Gasteiger partial charge in [0.1, 0.15) is 12.2 Å². The Balaban J connectivity index is 1.69. The van der Waals surface area contributed by atoms with E-state index in [4.69, 9.17) is 19.5 Å². The summed E-state index contributed by atoms with van der Waals surface area (Å²) in [6.45, 7) is 0.967. The standard InChI is InChI=1S/C18H18N4O4/c1-24-15-4-3-12(9-16(15)25-2)18(23)22-8-5-13(11-22)26-17-14(10-19)20-6-7-21-17/h3-4,6-7,9,13H,5,8,11H2,1-2H3. The topological polar surface area (TPSA) is 97.6 Å². The second kappa shape index (κ2) is 7.70. The molecule has 0 aliphatic carbocycles. The van der Waals surface area contributed by atoms with Crippen LogP contribution in [0.1, 0.15) is 22.5 Å². The lowest BCUT2D eigenvalue weighted by atomic mass is 10.1. The minimum Gasteiger partial charge on any atom is -0.493 e. The van der Waals surface area contributed by atoms with Crippen molar-refractivity contribution in [3.05, 3.63) is 41.9 Å². The van der Waals surface area contributed by atoms with Gasteiger partial charge in [0, 0.05) is 30.9 Å². The molecule has 8 nitrogen and oxygen atoms in total. The summed E-state index contributed by atoms with van der Waals surface area (Å²) in [7, 11) is 3.07. The summed E-state index contributed by atoms with van der Waals surface area (Å²) in [5.41, 5.74) is 0.651. The SMILES string of the molecule is COc1ccc(C(=O)N2CCC(Oc3nccnc3C#N)C2)cc1OC. The Bertz CT molecular complexity index is 849. The zero-order valence-corrected chi connectivity index (χ0v) is 14.5. The van der Waals surface area contributed by atoms with Gasteiger partial charge in [-0.3, -0.25) is 4.79 Å². The fourth-order valence-corrected chi connectivity index (χ4v) is 2.81. The number of methoxy groups -OCH3 is 2. The molecule has 8 heteroatoms. The van der Waals surface area contributed by atoms with Crippen molar-refractivity contribution >= 4 is 5.91 Å². The molecule has 0 saturated carbocycles. The molecule has 0 bridgehead atoms. The number of aromatic nitrogens is 2. The summed E-state index contributed by atoms with van der Waals surface area (Å²) >= 11 is 0. The first-order chi connectivity index (χ1) is 12.7. The molecule has 1 saturated heterocycles. The predicted molar refractivity (Wildman–Crippen MR) is 91.2 cm³/mol. The van der Waals surface area contributed by atoms with E-state index in [1.807, 2.05) is 6.07 Å². The second-order valence-corrected chi connectivity index (χ2v) is 5.67. The van der Waals surface area contributed by atoms with Gasteiger partial charge < -0.3 is 19.1 Å². The van der Waals surface area contributed by atoms with Gasteiger partial charge in [-0.05, 0) is 18.2 Å². The van der Waals surface area contributed by atoms with Crippen LogP contribution in [-0.4, -0.2) is 54.2 Å². The number of ether oxygens (including phenoxy) is 3. The Labute approximate surface area is 150 Å². The smallest absolute Gasteiger partial charge is 0.254 e. The van der Waals surface area contributed by atoms with Crippen LogP contribution in [-0.2, 0) is 0 Å². The number of benzene rings is 1. The van der Waals surface area contributed by atoms with E-state index in [0.29, 0.717) is 36.6 Å². The van der Waals surface area contributed by atoms with Gasteiger partial charge in [-0.15, -0.1) is 0 Å². The van der Waals surface area contributed by atoms with Gasteiger partial charge >= 0.3 is 0 Å². The van der Waals surface area contributed by atoms with Crippen molar-refractivity contribution in [1.82, 2.24) is 14.9 Å². The molecule has 2 heterocycles. The van der Waals surface area contributed by atoms with Crippen molar-refractivity contribution in [3.63, 3.8) is 0 Å². The van der Waals surface area contributed by atoms with E-state index >= 15 is 0 Å². The predicted octanol–water partition coefficient (Wildman–Crippen LogP) is 1.66. The first kappa shape index (κ1) is 17.5. The number of hydrogen-bond acceptors (Lipinski definition) is 7. The molecule has 1 aliphatic rings. The first-order valence-corrected chi connectivity index (χ1v) is 8.05. The molecule has 26 heavy (non-hydrogen) atoms. The fourth-order valence-electron chi connectivity index (χ4n) is 2.81. The third-order valence-electron chi connectivity index (χ3n) is 4.11. The number of amides is 1. The monoisotopic (exact) mass is 354 g/mol. The Hall–Kier alpha value is -3.34. The van der Waals surface area contributed by atoms with Gasteiger partial charge in [-0.2, -0.15) is 5.26 Å². The number of hydrogen-bond donors (Lipinski definition) is 0. The Kier molecular flexibility index (Phi) is 5.17. The number of carbonyl (C=O) groups excluding carboxylic acids is 1. The maximum Gasteiger partial charge on any atom is 0.254 e. The lowest BCUT2D eigenvalue weighted by molar-refractivity contribution is 0.0770. The molecule has 1 aromatic heterocycles. The summed E-state index contributed by atoms with van der Waals surface area (Å²) < 4.78 is 16.2. The van der Waals surface area contributed by atoms with E-state index < -0.39 is 0 Å². The molecular formula is C18H18N4O4. The lowest BCUT2D eigenvalue weighted by Crippen LogP contribution is -2.31. The van der Waals surface area contributed by atoms with Crippen LogP contribution < -0.4 is 14.2 Å². The summed E-state index contributed by atoms with van der Waals surface area (Å²) in [6, 6.07) is 7.01. The average Bonchev–Trinajstić information content (AvgIpc) is 3.15. The number of nitrogens with zero attached hydrogens (tertiary/aromatic N) is 4. The van der Waals surface area contributed by atoms with Crippen LogP contribution in [0.25, 0.3) is 0 Å². The normalized spacial score (nSPS) is 16.0. The lowest BCUT2D eigenvalue weighted by Gasteiger charge is -2.18. The van der Waals surface area contributed by atoms with E-state index in [1.165, 1.54) is 19.5 Å². The van der Waals surface area contributed by atoms with Crippen molar-refractivity contribution in [1.29, 1.82) is 5.26 Å². The maximum atomic E-state index is 12.7. The summed E-state index contributed by atoms with van der Waals surface area (Å²) in [5, 5.41) is 9.05. The van der Waals surface area contributed by atoms with Crippen LogP contribution in [0.15, 0.2) is 30.6 Å². The van der Waals surface area contributed by atoms with Crippen LogP contribution in [0.3, 0.4) is 0 Å². The van der Waals surface area contributed by atoms with Gasteiger partial charge in [-0.25, -0.2) is 9.97 Å². The Morgan fingerprint density at radius 2 is 2.00 bits per heavy atom. The van der Waals surface area contributed by atoms with E-state index in [0.717, 1.165) is 0 Å². The number of rotatable bonds is 5. The highest BCUT2D eigenvalue weighted by atomic mass is 16.5. The van der Waals surface area contributed by atoms with Crippen molar-refractivity contribution in [2.75, 3.05) is 27.3 Å². The molecule has 1 amide bonds. The molecule has 3 rings (SSSR count). The Morgan fingerprint density at radius 3 is 2.73 bits per heavy atom. The van der Waals surface area contributed by atoms with Gasteiger partial charge in [0.15, 0.2) is 11.5 Å². The minimum absolute atomic E-state index is 0.114. The molecule has 0 radical (unpaired) electrons. The molecule has 1 aromatic carbocycles. The van der Waals surface area contributed by atoms with E-state index in [1.54, 1.807) is 30.2 Å². The highest BCUT2D eigenvalue weighted by Gasteiger charge is 2.29. The summed E-state index contributed by atoms with van der Waals surface area (Å²) in [6.07, 6.45) is 3.33. The minimum atomic E-state index is -0.233. The highest BCUT2D eigenvalue weighted by molar-refractivity contribution is 5.95. The number of nitriles is 1. The molecule has 2 aromatic rings. The van der Waals surface area contributed by atoms with Crippen molar-refractivity contribution in [2.45, 2.75) is 12.5 Å².